The summed E-state index contributed by atoms with van der Waals surface area (Å²) in [6.07, 6.45) is 0. The molecule has 2 N–H and O–H groups in total. The Balaban J connectivity index is 2.59. The van der Waals surface area contributed by atoms with Crippen molar-refractivity contribution in [3.63, 3.8) is 0 Å². The average molecular weight is 231 g/mol. The molecule has 0 fully saturated rings. The molecule has 1 rings (SSSR count). The van der Waals surface area contributed by atoms with Gasteiger partial charge in [0.1, 0.15) is 0 Å². The molecule has 1 heterocycles. The summed E-state index contributed by atoms with van der Waals surface area (Å²) in [4.78, 5) is 13.7. The van der Waals surface area contributed by atoms with E-state index in [1.807, 2.05) is 0 Å². The Hall–Kier alpha value is -0.790. The first kappa shape index (κ1) is 11.3. The Labute approximate surface area is 89.0 Å². The number of hydrogen-bond donors (Lipinski definition) is 1. The van der Waals surface area contributed by atoms with Crippen molar-refractivity contribution in [1.29, 1.82) is 0 Å². The quantitative estimate of drug-likeness (QED) is 0.359. The van der Waals surface area contributed by atoms with E-state index in [1.54, 1.807) is 12.1 Å². The van der Waals surface area contributed by atoms with Crippen LogP contribution in [0.5, 0.6) is 0 Å². The molecular weight excluding hydrogens is 222 g/mol. The molecule has 14 heavy (non-hydrogen) atoms. The van der Waals surface area contributed by atoms with Crippen LogP contribution in [0.3, 0.4) is 0 Å². The molecule has 1 aromatic heterocycles. The highest BCUT2D eigenvalue weighted by atomic mass is 33.1. The van der Waals surface area contributed by atoms with Crippen molar-refractivity contribution >= 4 is 27.4 Å². The van der Waals surface area contributed by atoms with Gasteiger partial charge >= 0.3 is 5.82 Å². The molecule has 0 saturated carbocycles. The predicted molar refractivity (Wildman–Crippen MR) is 58.3 cm³/mol. The third-order valence-corrected chi connectivity index (χ3v) is 3.53. The summed E-state index contributed by atoms with van der Waals surface area (Å²) in [7, 11) is 2.93. The highest BCUT2D eigenvalue weighted by molar-refractivity contribution is 8.76. The summed E-state index contributed by atoms with van der Waals surface area (Å²) in [5.41, 5.74) is 5.31. The highest BCUT2D eigenvalue weighted by Crippen LogP contribution is 2.29. The molecule has 0 bridgehead atoms. The predicted octanol–water partition coefficient (Wildman–Crippen LogP) is 1.69. The summed E-state index contributed by atoms with van der Waals surface area (Å²) in [5, 5.41) is 11.0. The number of aromatic nitrogens is 1. The van der Waals surface area contributed by atoms with E-state index in [1.165, 1.54) is 27.7 Å². The highest BCUT2D eigenvalue weighted by Gasteiger charge is 2.09. The van der Waals surface area contributed by atoms with Gasteiger partial charge < -0.3 is 15.8 Å². The topological polar surface area (TPSA) is 82.0 Å². The minimum absolute atomic E-state index is 0.122. The molecule has 0 spiro atoms. The smallest absolute Gasteiger partial charge is 0.358 e. The van der Waals surface area contributed by atoms with Gasteiger partial charge in [-0.2, -0.15) is 0 Å². The fourth-order valence-corrected chi connectivity index (χ4v) is 2.45. The van der Waals surface area contributed by atoms with Gasteiger partial charge in [0.15, 0.2) is 0 Å². The lowest BCUT2D eigenvalue weighted by Gasteiger charge is -1.95. The Bertz CT molecular complexity index is 322. The fourth-order valence-electron chi connectivity index (χ4n) is 0.702. The van der Waals surface area contributed by atoms with Crippen molar-refractivity contribution in [2.45, 2.75) is 5.03 Å². The van der Waals surface area contributed by atoms with Crippen LogP contribution in [0.4, 0.5) is 5.82 Å². The van der Waals surface area contributed by atoms with Crippen LogP contribution in [0.1, 0.15) is 0 Å². The van der Waals surface area contributed by atoms with Gasteiger partial charge in [-0.3, -0.25) is 0 Å². The lowest BCUT2D eigenvalue weighted by Crippen LogP contribution is -1.99. The van der Waals surface area contributed by atoms with E-state index < -0.39 is 4.92 Å². The Kier molecular flexibility index (Phi) is 4.71. The summed E-state index contributed by atoms with van der Waals surface area (Å²) in [6.45, 7) is 0.590. The molecule has 0 amide bonds. The summed E-state index contributed by atoms with van der Waals surface area (Å²) in [5.74, 6) is 0.679. The maximum absolute atomic E-state index is 10.4. The number of pyridine rings is 1. The van der Waals surface area contributed by atoms with Crippen molar-refractivity contribution in [3.05, 3.63) is 28.3 Å². The second-order valence-electron chi connectivity index (χ2n) is 2.29. The van der Waals surface area contributed by atoms with Gasteiger partial charge in [-0.05, 0) is 32.8 Å². The maximum Gasteiger partial charge on any atom is 0.364 e. The third-order valence-electron chi connectivity index (χ3n) is 1.24. The zero-order chi connectivity index (χ0) is 10.4. The number of rotatable bonds is 5. The number of nitro groups is 1. The van der Waals surface area contributed by atoms with Crippen LogP contribution in [-0.4, -0.2) is 22.2 Å². The van der Waals surface area contributed by atoms with Gasteiger partial charge in [0.05, 0.1) is 0 Å². The number of hydrogen-bond acceptors (Lipinski definition) is 6. The SMILES string of the molecule is NCCSSc1cccc([N+](=O)[O-])n1. The van der Waals surface area contributed by atoms with E-state index in [0.717, 1.165) is 5.75 Å². The lowest BCUT2D eigenvalue weighted by atomic mass is 10.5. The average Bonchev–Trinajstić information content (AvgIpc) is 2.19. The third kappa shape index (κ3) is 3.52. The fraction of sp³-hybridized carbons (Fsp3) is 0.286. The molecule has 0 aliphatic carbocycles. The Morgan fingerprint density at radius 2 is 2.36 bits per heavy atom. The van der Waals surface area contributed by atoms with Crippen molar-refractivity contribution in [3.8, 4) is 0 Å². The molecule has 76 valence electrons. The zero-order valence-corrected chi connectivity index (χ0v) is 8.88. The van der Waals surface area contributed by atoms with Gasteiger partial charge in [-0.15, -0.1) is 0 Å². The van der Waals surface area contributed by atoms with Crippen molar-refractivity contribution in [2.24, 2.45) is 5.73 Å². The Morgan fingerprint density at radius 1 is 1.57 bits per heavy atom. The van der Waals surface area contributed by atoms with Crippen molar-refractivity contribution < 1.29 is 4.92 Å². The molecular formula is C7H9N3O2S2. The second kappa shape index (κ2) is 5.84. The van der Waals surface area contributed by atoms with Crippen molar-refractivity contribution in [2.75, 3.05) is 12.3 Å². The van der Waals surface area contributed by atoms with E-state index in [9.17, 15) is 10.1 Å². The van der Waals surface area contributed by atoms with E-state index in [4.69, 9.17) is 5.73 Å². The Morgan fingerprint density at radius 3 is 3.00 bits per heavy atom. The van der Waals surface area contributed by atoms with Gasteiger partial charge in [-0.1, -0.05) is 10.8 Å². The van der Waals surface area contributed by atoms with E-state index in [0.29, 0.717) is 11.6 Å². The minimum atomic E-state index is -0.502. The van der Waals surface area contributed by atoms with E-state index >= 15 is 0 Å². The second-order valence-corrected chi connectivity index (χ2v) is 4.72. The zero-order valence-electron chi connectivity index (χ0n) is 7.25. The molecule has 7 heteroatoms. The molecule has 0 aromatic carbocycles. The first-order chi connectivity index (χ1) is 6.74. The maximum atomic E-state index is 10.4. The van der Waals surface area contributed by atoms with Crippen LogP contribution < -0.4 is 5.73 Å². The molecule has 0 aliphatic heterocycles. The monoisotopic (exact) mass is 231 g/mol. The molecule has 0 atom stereocenters. The first-order valence-corrected chi connectivity index (χ1v) is 6.17. The van der Waals surface area contributed by atoms with Gasteiger partial charge in [-0.25, -0.2) is 0 Å². The lowest BCUT2D eigenvalue weighted by molar-refractivity contribution is -0.389. The standard InChI is InChI=1S/C7H9N3O2S2/c8-4-5-13-14-7-3-1-2-6(9-7)10(11)12/h1-3H,4-5,8H2. The molecule has 0 radical (unpaired) electrons. The molecule has 0 saturated heterocycles. The van der Waals surface area contributed by atoms with E-state index in [2.05, 4.69) is 4.98 Å². The van der Waals surface area contributed by atoms with Crippen molar-refractivity contribution in [1.82, 2.24) is 4.98 Å². The van der Waals surface area contributed by atoms with Crippen LogP contribution in [-0.2, 0) is 0 Å². The summed E-state index contributed by atoms with van der Waals surface area (Å²) >= 11 is 0. The summed E-state index contributed by atoms with van der Waals surface area (Å²) in [6, 6.07) is 4.73. The minimum Gasteiger partial charge on any atom is -0.358 e. The number of nitrogens with zero attached hydrogens (tertiary/aromatic N) is 2. The van der Waals surface area contributed by atoms with E-state index in [-0.39, 0.29) is 5.82 Å². The molecule has 5 nitrogen and oxygen atoms in total. The van der Waals surface area contributed by atoms with Gasteiger partial charge in [0.25, 0.3) is 0 Å². The molecule has 1 aromatic rings. The normalized spacial score (nSPS) is 10.1. The largest absolute Gasteiger partial charge is 0.364 e. The first-order valence-electron chi connectivity index (χ1n) is 3.85. The summed E-state index contributed by atoms with van der Waals surface area (Å²) < 4.78 is 0. The molecule has 0 aliphatic rings. The van der Waals surface area contributed by atoms with Crippen LogP contribution in [0, 0.1) is 10.1 Å². The van der Waals surface area contributed by atoms with Gasteiger partial charge in [0, 0.05) is 18.4 Å². The van der Waals surface area contributed by atoms with Crippen LogP contribution in [0.15, 0.2) is 23.2 Å². The number of nitrogens with two attached hydrogens (primary N) is 1. The van der Waals surface area contributed by atoms with Gasteiger partial charge in [0.2, 0.25) is 5.03 Å². The van der Waals surface area contributed by atoms with Crippen LogP contribution >= 0.6 is 21.6 Å². The molecule has 0 unspecified atom stereocenters. The van der Waals surface area contributed by atoms with Crippen LogP contribution in [0.25, 0.3) is 0 Å². The van der Waals surface area contributed by atoms with Crippen LogP contribution in [0.2, 0.25) is 0 Å².